The number of aliphatic hydroxyl groups excluding tert-OH is 1. The second kappa shape index (κ2) is 10.1. The smallest absolute Gasteiger partial charge is 0.300 e. The lowest BCUT2D eigenvalue weighted by Gasteiger charge is -2.26. The van der Waals surface area contributed by atoms with Gasteiger partial charge in [-0.3, -0.25) is 14.5 Å². The molecule has 0 saturated carbocycles. The van der Waals surface area contributed by atoms with Gasteiger partial charge in [-0.1, -0.05) is 18.2 Å². The highest BCUT2D eigenvalue weighted by Crippen LogP contribution is 2.44. The lowest BCUT2D eigenvalue weighted by Crippen LogP contribution is -2.29. The quantitative estimate of drug-likeness (QED) is 0.282. The fourth-order valence-corrected chi connectivity index (χ4v) is 4.11. The van der Waals surface area contributed by atoms with E-state index in [0.717, 1.165) is 17.0 Å². The second-order valence-electron chi connectivity index (χ2n) is 7.84. The number of ketones is 1. The molecule has 3 aromatic rings. The van der Waals surface area contributed by atoms with Crippen molar-refractivity contribution in [2.45, 2.75) is 13.0 Å². The fraction of sp³-hybridized carbons (Fsp3) is 0.185. The predicted molar refractivity (Wildman–Crippen MR) is 128 cm³/mol. The summed E-state index contributed by atoms with van der Waals surface area (Å²) >= 11 is 0. The zero-order valence-corrected chi connectivity index (χ0v) is 19.7. The number of rotatable bonds is 7. The Morgan fingerprint density at radius 1 is 0.944 bits per heavy atom. The maximum Gasteiger partial charge on any atom is 0.300 e. The first-order valence-electron chi connectivity index (χ1n) is 11.0. The van der Waals surface area contributed by atoms with Crippen LogP contribution in [-0.2, 0) is 9.59 Å². The minimum absolute atomic E-state index is 0.0560. The minimum Gasteiger partial charge on any atom is -0.507 e. The summed E-state index contributed by atoms with van der Waals surface area (Å²) in [5, 5.41) is 11.2. The van der Waals surface area contributed by atoms with Gasteiger partial charge >= 0.3 is 0 Å². The number of amides is 1. The van der Waals surface area contributed by atoms with E-state index in [1.165, 1.54) is 26.4 Å². The van der Waals surface area contributed by atoms with Gasteiger partial charge in [0.1, 0.15) is 11.5 Å². The first kappa shape index (κ1) is 24.7. The molecule has 1 N–H and O–H groups in total. The Kier molecular flexibility index (Phi) is 6.91. The first-order valence-corrected chi connectivity index (χ1v) is 11.0. The number of hydrogen-bond donors (Lipinski definition) is 1. The Morgan fingerprint density at radius 3 is 2.39 bits per heavy atom. The van der Waals surface area contributed by atoms with Crippen molar-refractivity contribution in [3.63, 3.8) is 0 Å². The summed E-state index contributed by atoms with van der Waals surface area (Å²) in [7, 11) is 2.92. The molecular formula is C27H23F2NO6. The average molecular weight is 495 g/mol. The zero-order chi connectivity index (χ0) is 26.0. The van der Waals surface area contributed by atoms with Crippen molar-refractivity contribution in [3.8, 4) is 17.2 Å². The monoisotopic (exact) mass is 495 g/mol. The van der Waals surface area contributed by atoms with Gasteiger partial charge in [-0.2, -0.15) is 0 Å². The van der Waals surface area contributed by atoms with Gasteiger partial charge in [0.05, 0.1) is 32.4 Å². The predicted octanol–water partition coefficient (Wildman–Crippen LogP) is 5.01. The van der Waals surface area contributed by atoms with Crippen LogP contribution < -0.4 is 19.1 Å². The van der Waals surface area contributed by atoms with Crippen LogP contribution in [0.15, 0.2) is 66.2 Å². The number of benzene rings is 3. The van der Waals surface area contributed by atoms with E-state index in [1.807, 2.05) is 0 Å². The topological polar surface area (TPSA) is 85.3 Å². The van der Waals surface area contributed by atoms with Crippen molar-refractivity contribution >= 4 is 23.1 Å². The number of ether oxygens (including phenoxy) is 3. The molecule has 0 spiro atoms. The molecule has 1 fully saturated rings. The summed E-state index contributed by atoms with van der Waals surface area (Å²) < 4.78 is 44.0. The maximum absolute atomic E-state index is 14.1. The van der Waals surface area contributed by atoms with Crippen LogP contribution >= 0.6 is 0 Å². The average Bonchev–Trinajstić information content (AvgIpc) is 3.15. The number of halogens is 2. The Morgan fingerprint density at radius 2 is 1.72 bits per heavy atom. The van der Waals surface area contributed by atoms with Crippen molar-refractivity contribution < 1.29 is 37.7 Å². The SMILES string of the molecule is CCOc1cc(C2/C(=C(\O)c3cccc(OC)c3)C(=O)C(=O)N2c2ccc(F)c(F)c2)ccc1OC. The highest BCUT2D eigenvalue weighted by Gasteiger charge is 2.47. The van der Waals surface area contributed by atoms with Gasteiger partial charge in [-0.15, -0.1) is 0 Å². The molecule has 9 heteroatoms. The van der Waals surface area contributed by atoms with Crippen LogP contribution in [0.1, 0.15) is 24.1 Å². The van der Waals surface area contributed by atoms with E-state index in [9.17, 15) is 23.5 Å². The number of aliphatic hydroxyl groups is 1. The Labute approximate surface area is 206 Å². The van der Waals surface area contributed by atoms with E-state index in [4.69, 9.17) is 14.2 Å². The van der Waals surface area contributed by atoms with Crippen molar-refractivity contribution in [2.75, 3.05) is 25.7 Å². The van der Waals surface area contributed by atoms with Crippen molar-refractivity contribution in [2.24, 2.45) is 0 Å². The fourth-order valence-electron chi connectivity index (χ4n) is 4.11. The van der Waals surface area contributed by atoms with Gasteiger partial charge in [-0.25, -0.2) is 8.78 Å². The van der Waals surface area contributed by atoms with Gasteiger partial charge < -0.3 is 19.3 Å². The van der Waals surface area contributed by atoms with Crippen LogP contribution in [0.5, 0.6) is 17.2 Å². The molecule has 1 aliphatic rings. The zero-order valence-electron chi connectivity index (χ0n) is 19.7. The molecule has 1 amide bonds. The van der Waals surface area contributed by atoms with E-state index in [1.54, 1.807) is 43.3 Å². The van der Waals surface area contributed by atoms with E-state index in [2.05, 4.69) is 0 Å². The van der Waals surface area contributed by atoms with Gasteiger partial charge in [0.25, 0.3) is 11.7 Å². The molecule has 1 atom stereocenters. The van der Waals surface area contributed by atoms with E-state index < -0.39 is 35.1 Å². The molecule has 186 valence electrons. The van der Waals surface area contributed by atoms with Crippen molar-refractivity contribution in [1.82, 2.24) is 0 Å². The number of carbonyl (C=O) groups is 2. The molecule has 4 rings (SSSR count). The van der Waals surface area contributed by atoms with Gasteiger partial charge in [0, 0.05) is 17.3 Å². The van der Waals surface area contributed by atoms with Crippen LogP contribution in [0.25, 0.3) is 5.76 Å². The number of anilines is 1. The third kappa shape index (κ3) is 4.35. The highest BCUT2D eigenvalue weighted by molar-refractivity contribution is 6.51. The first-order chi connectivity index (χ1) is 17.3. The summed E-state index contributed by atoms with van der Waals surface area (Å²) in [6.45, 7) is 2.09. The Bertz CT molecular complexity index is 1370. The number of nitrogens with zero attached hydrogens (tertiary/aromatic N) is 1. The lowest BCUT2D eigenvalue weighted by atomic mass is 9.94. The molecule has 1 heterocycles. The maximum atomic E-state index is 14.1. The van der Waals surface area contributed by atoms with Gasteiger partial charge in [0.2, 0.25) is 0 Å². The summed E-state index contributed by atoms with van der Waals surface area (Å²) in [5.41, 5.74) is 0.332. The second-order valence-corrected chi connectivity index (χ2v) is 7.84. The van der Waals surface area contributed by atoms with Gasteiger partial charge in [-0.05, 0) is 48.9 Å². The summed E-state index contributed by atoms with van der Waals surface area (Å²) in [6, 6.07) is 12.8. The van der Waals surface area contributed by atoms with Crippen LogP contribution in [0.2, 0.25) is 0 Å². The van der Waals surface area contributed by atoms with Crippen LogP contribution in [-0.4, -0.2) is 37.6 Å². The lowest BCUT2D eigenvalue weighted by molar-refractivity contribution is -0.132. The molecule has 7 nitrogen and oxygen atoms in total. The Hall–Kier alpha value is -4.40. The molecule has 0 aliphatic carbocycles. The highest BCUT2D eigenvalue weighted by atomic mass is 19.2. The number of carbonyl (C=O) groups excluding carboxylic acids is 2. The summed E-state index contributed by atoms with van der Waals surface area (Å²) in [5.74, 6) is -3.56. The largest absolute Gasteiger partial charge is 0.507 e. The standard InChI is InChI=1S/C27H23F2NO6/c1-4-36-22-13-15(8-11-21(22)35-3)24-23(25(31)16-6-5-7-18(12-16)34-2)26(32)27(33)30(24)17-9-10-19(28)20(29)14-17/h5-14,24,31H,4H2,1-3H3/b25-23+. The van der Waals surface area contributed by atoms with E-state index in [0.29, 0.717) is 29.4 Å². The third-order valence-electron chi connectivity index (χ3n) is 5.77. The summed E-state index contributed by atoms with van der Waals surface area (Å²) in [4.78, 5) is 27.5. The molecule has 1 unspecified atom stereocenters. The third-order valence-corrected chi connectivity index (χ3v) is 5.77. The molecule has 0 bridgehead atoms. The molecule has 3 aromatic carbocycles. The molecule has 1 saturated heterocycles. The van der Waals surface area contributed by atoms with Crippen LogP contribution in [0, 0.1) is 11.6 Å². The van der Waals surface area contributed by atoms with E-state index in [-0.39, 0.29) is 16.8 Å². The van der Waals surface area contributed by atoms with E-state index >= 15 is 0 Å². The number of methoxy groups -OCH3 is 2. The van der Waals surface area contributed by atoms with Gasteiger partial charge in [0.15, 0.2) is 23.1 Å². The number of hydrogen-bond acceptors (Lipinski definition) is 6. The van der Waals surface area contributed by atoms with Crippen molar-refractivity contribution in [3.05, 3.63) is 89.0 Å². The molecule has 1 aliphatic heterocycles. The van der Waals surface area contributed by atoms with Crippen LogP contribution in [0.4, 0.5) is 14.5 Å². The molecule has 0 radical (unpaired) electrons. The molecular weight excluding hydrogens is 472 g/mol. The normalized spacial score (nSPS) is 16.8. The van der Waals surface area contributed by atoms with Crippen LogP contribution in [0.3, 0.4) is 0 Å². The molecule has 36 heavy (non-hydrogen) atoms. The minimum atomic E-state index is -1.19. The summed E-state index contributed by atoms with van der Waals surface area (Å²) in [6.07, 6.45) is 0. The molecule has 0 aromatic heterocycles. The van der Waals surface area contributed by atoms with Crippen molar-refractivity contribution in [1.29, 1.82) is 0 Å². The number of Topliss-reactive ketones (excluding diaryl/α,β-unsaturated/α-hetero) is 1. The Balaban J connectivity index is 1.98.